The number of fused-ring (bicyclic) bond motifs is 1. The quantitative estimate of drug-likeness (QED) is 0.238. The number of nitrogens with zero attached hydrogens (tertiary/aromatic N) is 7. The molecule has 1 amide bonds. The lowest BCUT2D eigenvalue weighted by Gasteiger charge is -2.38. The van der Waals surface area contributed by atoms with Crippen LogP contribution in [0.5, 0.6) is 29.0 Å². The van der Waals surface area contributed by atoms with E-state index < -0.39 is 5.82 Å². The third-order valence-corrected chi connectivity index (χ3v) is 6.60. The number of likely N-dealkylation sites (tertiary alicyclic amines) is 1. The van der Waals surface area contributed by atoms with Crippen molar-refractivity contribution in [1.29, 1.82) is 0 Å². The second-order valence-corrected chi connectivity index (χ2v) is 9.33. The smallest absolute Gasteiger partial charge is 0.246 e. The van der Waals surface area contributed by atoms with Crippen LogP contribution in [0.25, 0.3) is 16.7 Å². The largest absolute Gasteiger partial charge is 0.493 e. The Morgan fingerprint density at radius 3 is 2.60 bits per heavy atom. The van der Waals surface area contributed by atoms with Crippen molar-refractivity contribution in [3.05, 3.63) is 79.5 Å². The number of methoxy groups -OCH3 is 2. The highest BCUT2D eigenvalue weighted by Crippen LogP contribution is 2.37. The molecule has 0 unspecified atom stereocenters. The number of anilines is 2. The lowest BCUT2D eigenvalue weighted by atomic mass is 10.1. The van der Waals surface area contributed by atoms with Crippen molar-refractivity contribution in [2.75, 3.05) is 32.6 Å². The van der Waals surface area contributed by atoms with E-state index in [4.69, 9.17) is 18.9 Å². The predicted octanol–water partition coefficient (Wildman–Crippen LogP) is 4.07. The Morgan fingerprint density at radius 1 is 1.02 bits per heavy atom. The van der Waals surface area contributed by atoms with Gasteiger partial charge in [0.05, 0.1) is 38.5 Å². The minimum atomic E-state index is -0.573. The van der Waals surface area contributed by atoms with Crippen LogP contribution in [0, 0.1) is 5.82 Å². The van der Waals surface area contributed by atoms with E-state index in [-0.39, 0.29) is 29.3 Å². The molecule has 6 rings (SSSR count). The first-order chi connectivity index (χ1) is 20.9. The fourth-order valence-corrected chi connectivity index (χ4v) is 4.36. The summed E-state index contributed by atoms with van der Waals surface area (Å²) in [7, 11) is 3.03. The first-order valence-corrected chi connectivity index (χ1v) is 13.0. The summed E-state index contributed by atoms with van der Waals surface area (Å²) < 4.78 is 39.0. The van der Waals surface area contributed by atoms with E-state index in [2.05, 4.69) is 37.2 Å². The molecule has 1 aliphatic heterocycles. The van der Waals surface area contributed by atoms with Crippen LogP contribution in [0.3, 0.4) is 0 Å². The highest BCUT2D eigenvalue weighted by molar-refractivity contribution is 5.93. The monoisotopic (exact) mass is 584 g/mol. The molecule has 1 saturated heterocycles. The summed E-state index contributed by atoms with van der Waals surface area (Å²) in [6.45, 7) is 4.36. The third kappa shape index (κ3) is 5.70. The average molecular weight is 585 g/mol. The Bertz CT molecular complexity index is 1810. The van der Waals surface area contributed by atoms with Gasteiger partial charge in [-0.25, -0.2) is 19.0 Å². The molecule has 0 radical (unpaired) electrons. The van der Waals surface area contributed by atoms with Gasteiger partial charge >= 0.3 is 0 Å². The molecule has 2 aromatic carbocycles. The maximum atomic E-state index is 15.2. The highest BCUT2D eigenvalue weighted by atomic mass is 19.1. The van der Waals surface area contributed by atoms with Gasteiger partial charge in [0, 0.05) is 35.8 Å². The van der Waals surface area contributed by atoms with Crippen molar-refractivity contribution in [2.24, 2.45) is 0 Å². The van der Waals surface area contributed by atoms with Crippen LogP contribution in [0.15, 0.2) is 73.7 Å². The van der Waals surface area contributed by atoms with Crippen molar-refractivity contribution in [1.82, 2.24) is 34.8 Å². The summed E-state index contributed by atoms with van der Waals surface area (Å²) in [5, 5.41) is 15.9. The van der Waals surface area contributed by atoms with Gasteiger partial charge in [-0.3, -0.25) is 4.79 Å². The zero-order chi connectivity index (χ0) is 29.9. The second-order valence-electron chi connectivity index (χ2n) is 9.33. The van der Waals surface area contributed by atoms with Crippen LogP contribution in [-0.4, -0.2) is 74.2 Å². The van der Waals surface area contributed by atoms with Gasteiger partial charge in [-0.15, -0.1) is 15.3 Å². The lowest BCUT2D eigenvalue weighted by Crippen LogP contribution is -2.55. The first kappa shape index (κ1) is 27.4. The summed E-state index contributed by atoms with van der Waals surface area (Å²) in [5.41, 5.74) is 0.735. The van der Waals surface area contributed by atoms with Crippen LogP contribution in [0.4, 0.5) is 15.9 Å². The van der Waals surface area contributed by atoms with E-state index in [9.17, 15) is 4.79 Å². The fourth-order valence-electron chi connectivity index (χ4n) is 4.36. The van der Waals surface area contributed by atoms with Gasteiger partial charge in [0.15, 0.2) is 17.3 Å². The molecule has 0 atom stereocenters. The SMILES string of the molecule is C=CC(=O)N1CC(Oc2cc3c(Nc4ccc(Oc5ccn(-c6ccc(OC)nn6)n5)cc4F)ncnc3cc2OC)C1. The van der Waals surface area contributed by atoms with Crippen LogP contribution in [0.2, 0.25) is 0 Å². The van der Waals surface area contributed by atoms with E-state index in [1.165, 1.54) is 43.4 Å². The number of hydrogen-bond acceptors (Lipinski definition) is 11. The van der Waals surface area contributed by atoms with Gasteiger partial charge in [-0.2, -0.15) is 0 Å². The number of ether oxygens (including phenoxy) is 4. The van der Waals surface area contributed by atoms with E-state index >= 15 is 4.39 Å². The lowest BCUT2D eigenvalue weighted by molar-refractivity contribution is -0.134. The Labute approximate surface area is 244 Å². The van der Waals surface area contributed by atoms with Gasteiger partial charge in [0.2, 0.25) is 17.7 Å². The normalized spacial score (nSPS) is 12.9. The van der Waals surface area contributed by atoms with E-state index in [1.807, 2.05) is 0 Å². The maximum Gasteiger partial charge on any atom is 0.246 e. The molecule has 3 aromatic heterocycles. The van der Waals surface area contributed by atoms with Crippen molar-refractivity contribution < 1.29 is 28.1 Å². The van der Waals surface area contributed by atoms with Gasteiger partial charge in [-0.05, 0) is 30.3 Å². The molecule has 0 bridgehead atoms. The molecule has 218 valence electrons. The molecule has 13 nitrogen and oxygen atoms in total. The molecule has 1 N–H and O–H groups in total. The van der Waals surface area contributed by atoms with Gasteiger partial charge in [-0.1, -0.05) is 6.58 Å². The molecule has 14 heteroatoms. The predicted molar refractivity (Wildman–Crippen MR) is 153 cm³/mol. The Morgan fingerprint density at radius 2 is 1.88 bits per heavy atom. The Kier molecular flexibility index (Phi) is 7.39. The minimum absolute atomic E-state index is 0.151. The van der Waals surface area contributed by atoms with E-state index in [0.29, 0.717) is 53.0 Å². The number of carbonyl (C=O) groups is 1. The van der Waals surface area contributed by atoms with E-state index in [1.54, 1.807) is 47.5 Å². The van der Waals surface area contributed by atoms with Crippen molar-refractivity contribution in [2.45, 2.75) is 6.10 Å². The number of carbonyl (C=O) groups excluding carboxylic acids is 1. The summed E-state index contributed by atoms with van der Waals surface area (Å²) in [6.07, 6.45) is 4.07. The zero-order valence-electron chi connectivity index (χ0n) is 23.1. The van der Waals surface area contributed by atoms with E-state index in [0.717, 1.165) is 0 Å². The maximum absolute atomic E-state index is 15.2. The molecule has 5 aromatic rings. The topological polar surface area (TPSA) is 139 Å². The number of hydrogen-bond donors (Lipinski definition) is 1. The molecule has 1 fully saturated rings. The number of nitrogens with one attached hydrogen (secondary N) is 1. The molecule has 4 heterocycles. The number of benzene rings is 2. The average Bonchev–Trinajstić information content (AvgIpc) is 3.48. The number of halogens is 1. The highest BCUT2D eigenvalue weighted by Gasteiger charge is 2.31. The number of aromatic nitrogens is 6. The number of amides is 1. The summed E-state index contributed by atoms with van der Waals surface area (Å²) >= 11 is 0. The first-order valence-electron chi connectivity index (χ1n) is 13.0. The standard InChI is InChI=1S/C29H25FN8O5/c1-4-28(39)37-14-18(15-37)42-24-12-19-22(13-23(24)40-2)31-16-32-29(19)33-21-6-5-17(11-20(21)30)43-27-9-10-38(36-27)25-7-8-26(41-3)35-34-25/h4-13,16,18H,1,14-15H2,2-3H3,(H,31,32,33). The molecular weight excluding hydrogens is 559 g/mol. The van der Waals surface area contributed by atoms with Crippen LogP contribution >= 0.6 is 0 Å². The van der Waals surface area contributed by atoms with Gasteiger partial charge in [0.1, 0.15) is 29.8 Å². The van der Waals surface area contributed by atoms with Crippen LogP contribution in [-0.2, 0) is 4.79 Å². The molecule has 0 aliphatic carbocycles. The fraction of sp³-hybridized carbons (Fsp3) is 0.172. The number of rotatable bonds is 10. The zero-order valence-corrected chi connectivity index (χ0v) is 23.1. The molecule has 0 saturated carbocycles. The molecule has 0 spiro atoms. The van der Waals surface area contributed by atoms with Crippen molar-refractivity contribution in [3.8, 4) is 34.8 Å². The van der Waals surface area contributed by atoms with Crippen LogP contribution in [0.1, 0.15) is 0 Å². The van der Waals surface area contributed by atoms with Gasteiger partial charge < -0.3 is 29.2 Å². The van der Waals surface area contributed by atoms with Crippen LogP contribution < -0.4 is 24.3 Å². The second kappa shape index (κ2) is 11.6. The minimum Gasteiger partial charge on any atom is -0.493 e. The van der Waals surface area contributed by atoms with Crippen molar-refractivity contribution >= 4 is 28.3 Å². The van der Waals surface area contributed by atoms with Crippen molar-refractivity contribution in [3.63, 3.8) is 0 Å². The Balaban J connectivity index is 1.18. The third-order valence-electron chi connectivity index (χ3n) is 6.60. The summed E-state index contributed by atoms with van der Waals surface area (Å²) in [6, 6.07) is 12.8. The summed E-state index contributed by atoms with van der Waals surface area (Å²) in [4.78, 5) is 22.0. The Hall–Kier alpha value is -5.79. The molecule has 43 heavy (non-hydrogen) atoms. The summed E-state index contributed by atoms with van der Waals surface area (Å²) in [5.74, 6) is 1.88. The molecular formula is C29H25FN8O5. The van der Waals surface area contributed by atoms with Gasteiger partial charge in [0.25, 0.3) is 0 Å². The molecule has 1 aliphatic rings.